The van der Waals surface area contributed by atoms with Crippen LogP contribution in [-0.4, -0.2) is 37.7 Å². The van der Waals surface area contributed by atoms with E-state index < -0.39 is 5.82 Å². The Morgan fingerprint density at radius 2 is 1.45 bits per heavy atom. The highest BCUT2D eigenvalue weighted by molar-refractivity contribution is 6.13. The number of benzene rings is 3. The van der Waals surface area contributed by atoms with E-state index in [-0.39, 0.29) is 30.7 Å². The van der Waals surface area contributed by atoms with E-state index in [0.29, 0.717) is 27.4 Å². The van der Waals surface area contributed by atoms with Crippen molar-refractivity contribution >= 4 is 29.0 Å². The molecule has 31 heavy (non-hydrogen) atoms. The molecule has 0 aromatic heterocycles. The summed E-state index contributed by atoms with van der Waals surface area (Å²) in [5.41, 5.74) is 1.69. The number of nitrogens with one attached hydrogen (secondary N) is 3. The number of carbonyl (C=O) groups is 3. The molecule has 158 valence electrons. The molecule has 1 unspecified atom stereocenters. The predicted molar refractivity (Wildman–Crippen MR) is 117 cm³/mol. The van der Waals surface area contributed by atoms with E-state index in [9.17, 15) is 18.8 Å². The molecule has 3 rings (SSSR count). The van der Waals surface area contributed by atoms with Gasteiger partial charge >= 0.3 is 0 Å². The Bertz CT molecular complexity index is 1090. The van der Waals surface area contributed by atoms with Crippen molar-refractivity contribution in [1.29, 1.82) is 0 Å². The van der Waals surface area contributed by atoms with Crippen molar-refractivity contribution in [2.75, 3.05) is 30.8 Å². The lowest BCUT2D eigenvalue weighted by atomic mass is 10.0. The van der Waals surface area contributed by atoms with Gasteiger partial charge in [0.05, 0.1) is 12.7 Å². The first-order valence-corrected chi connectivity index (χ1v) is 9.77. The van der Waals surface area contributed by atoms with Crippen LogP contribution in [-0.2, 0) is 9.59 Å². The van der Waals surface area contributed by atoms with Gasteiger partial charge in [0.2, 0.25) is 0 Å². The van der Waals surface area contributed by atoms with Crippen LogP contribution in [0.3, 0.4) is 0 Å². The molecule has 3 N–H and O–H groups in total. The van der Waals surface area contributed by atoms with Crippen molar-refractivity contribution in [1.82, 2.24) is 0 Å². The van der Waals surface area contributed by atoms with Crippen LogP contribution >= 0.6 is 0 Å². The molecule has 3 aromatic carbocycles. The Hall–Kier alpha value is -3.84. The Labute approximate surface area is 179 Å². The van der Waals surface area contributed by atoms with Gasteiger partial charge in [0.25, 0.3) is 11.8 Å². The number of carbonyl (C=O) groups excluding carboxylic acids is 3. The lowest BCUT2D eigenvalue weighted by Gasteiger charge is -2.15. The van der Waals surface area contributed by atoms with E-state index in [0.717, 1.165) is 0 Å². The maximum Gasteiger partial charge on any atom is 0.279 e. The number of quaternary nitrogens is 1. The smallest absolute Gasteiger partial charge is 0.279 e. The fourth-order valence-corrected chi connectivity index (χ4v) is 3.11. The molecule has 0 spiro atoms. The molecule has 1 atom stereocenters. The van der Waals surface area contributed by atoms with E-state index in [1.807, 2.05) is 6.07 Å². The zero-order chi connectivity index (χ0) is 22.2. The fourth-order valence-electron chi connectivity index (χ4n) is 3.11. The van der Waals surface area contributed by atoms with Crippen LogP contribution in [0.25, 0.3) is 0 Å². The number of hydrogen-bond donors (Lipinski definition) is 3. The van der Waals surface area contributed by atoms with Crippen LogP contribution in [0, 0.1) is 5.82 Å². The van der Waals surface area contributed by atoms with Crippen LogP contribution < -0.4 is 15.5 Å². The van der Waals surface area contributed by atoms with Crippen LogP contribution in [0.1, 0.15) is 15.9 Å². The van der Waals surface area contributed by atoms with Gasteiger partial charge in [-0.1, -0.05) is 48.5 Å². The second-order valence-electron chi connectivity index (χ2n) is 7.16. The molecule has 0 fully saturated rings. The minimum Gasteiger partial charge on any atom is -0.322 e. The first-order valence-electron chi connectivity index (χ1n) is 9.77. The van der Waals surface area contributed by atoms with E-state index >= 15 is 0 Å². The van der Waals surface area contributed by atoms with Gasteiger partial charge in [-0.25, -0.2) is 4.39 Å². The van der Waals surface area contributed by atoms with Crippen LogP contribution in [0.4, 0.5) is 15.8 Å². The summed E-state index contributed by atoms with van der Waals surface area (Å²) in [4.78, 5) is 38.1. The van der Waals surface area contributed by atoms with Gasteiger partial charge in [-0.05, 0) is 30.3 Å². The van der Waals surface area contributed by atoms with Crippen molar-refractivity contribution in [3.63, 3.8) is 0 Å². The molecule has 3 aromatic rings. The molecule has 0 saturated carbocycles. The zero-order valence-electron chi connectivity index (χ0n) is 17.0. The maximum atomic E-state index is 13.2. The number of para-hydroxylation sites is 1. The van der Waals surface area contributed by atoms with Gasteiger partial charge in [-0.3, -0.25) is 14.4 Å². The van der Waals surface area contributed by atoms with Crippen molar-refractivity contribution in [3.05, 3.63) is 95.8 Å². The molecule has 6 nitrogen and oxygen atoms in total. The summed E-state index contributed by atoms with van der Waals surface area (Å²) in [6, 6.07) is 21.2. The number of rotatable bonds is 8. The lowest BCUT2D eigenvalue weighted by Crippen LogP contribution is -3.11. The summed E-state index contributed by atoms with van der Waals surface area (Å²) in [7, 11) is 1.70. The highest BCUT2D eigenvalue weighted by Gasteiger charge is 2.18. The number of likely N-dealkylation sites (N-methyl/N-ethyl adjacent to an activating group) is 1. The molecular formula is C24H23FN3O3+. The third-order valence-electron chi connectivity index (χ3n) is 4.51. The van der Waals surface area contributed by atoms with Crippen LogP contribution in [0.5, 0.6) is 0 Å². The van der Waals surface area contributed by atoms with Gasteiger partial charge in [0.15, 0.2) is 18.9 Å². The molecule has 0 radical (unpaired) electrons. The highest BCUT2D eigenvalue weighted by atomic mass is 19.1. The summed E-state index contributed by atoms with van der Waals surface area (Å²) in [5, 5.41) is 5.36. The zero-order valence-corrected chi connectivity index (χ0v) is 17.0. The number of halogens is 1. The number of hydrogen-bond acceptors (Lipinski definition) is 3. The molecule has 0 aliphatic heterocycles. The standard InChI is InChI=1S/C24H22FN3O3/c1-28(15-22(29)26-19-11-7-10-18(25)14-19)16-23(30)27-21-13-6-5-12-20(21)24(31)17-8-3-2-4-9-17/h2-14H,15-16H2,1H3,(H,26,29)(H,27,30)/p+1. The Balaban J connectivity index is 1.58. The molecule has 2 amide bonds. The Morgan fingerprint density at radius 1 is 0.806 bits per heavy atom. The van der Waals surface area contributed by atoms with Crippen molar-refractivity contribution in [2.24, 2.45) is 0 Å². The first-order chi connectivity index (χ1) is 14.9. The molecule has 0 aliphatic carbocycles. The van der Waals surface area contributed by atoms with E-state index in [1.54, 1.807) is 61.6 Å². The van der Waals surface area contributed by atoms with Gasteiger partial charge in [-0.15, -0.1) is 0 Å². The highest BCUT2D eigenvalue weighted by Crippen LogP contribution is 2.19. The molecule has 0 heterocycles. The minimum atomic E-state index is -0.443. The number of ketones is 1. The van der Waals surface area contributed by atoms with Gasteiger partial charge < -0.3 is 15.5 Å². The summed E-state index contributed by atoms with van der Waals surface area (Å²) in [6.07, 6.45) is 0. The Kier molecular flexibility index (Phi) is 7.24. The third kappa shape index (κ3) is 6.32. The van der Waals surface area contributed by atoms with Gasteiger partial charge in [0, 0.05) is 16.8 Å². The first kappa shape index (κ1) is 21.9. The van der Waals surface area contributed by atoms with E-state index in [1.165, 1.54) is 18.2 Å². The molecule has 0 bridgehead atoms. The summed E-state index contributed by atoms with van der Waals surface area (Å²) in [5.74, 6) is -1.30. The van der Waals surface area contributed by atoms with Crippen LogP contribution in [0.2, 0.25) is 0 Å². The Morgan fingerprint density at radius 3 is 2.16 bits per heavy atom. The fraction of sp³-hybridized carbons (Fsp3) is 0.125. The van der Waals surface area contributed by atoms with Gasteiger partial charge in [0.1, 0.15) is 5.82 Å². The molecule has 0 saturated heterocycles. The number of amides is 2. The number of anilines is 2. The maximum absolute atomic E-state index is 13.2. The van der Waals surface area contributed by atoms with Crippen molar-refractivity contribution in [2.45, 2.75) is 0 Å². The second-order valence-corrected chi connectivity index (χ2v) is 7.16. The van der Waals surface area contributed by atoms with Crippen LogP contribution in [0.15, 0.2) is 78.9 Å². The average Bonchev–Trinajstić information content (AvgIpc) is 2.74. The monoisotopic (exact) mass is 420 g/mol. The summed E-state index contributed by atoms with van der Waals surface area (Å²) >= 11 is 0. The SMILES string of the molecule is C[NH+](CC(=O)Nc1cccc(F)c1)CC(=O)Nc1ccccc1C(=O)c1ccccc1. The molecule has 0 aliphatic rings. The summed E-state index contributed by atoms with van der Waals surface area (Å²) < 4.78 is 13.2. The second kappa shape index (κ2) is 10.3. The summed E-state index contributed by atoms with van der Waals surface area (Å²) in [6.45, 7) is 0.0406. The van der Waals surface area contributed by atoms with Crippen molar-refractivity contribution in [3.8, 4) is 0 Å². The average molecular weight is 420 g/mol. The largest absolute Gasteiger partial charge is 0.322 e. The van der Waals surface area contributed by atoms with E-state index in [4.69, 9.17) is 0 Å². The normalized spacial score (nSPS) is 11.4. The third-order valence-corrected chi connectivity index (χ3v) is 4.51. The molecular weight excluding hydrogens is 397 g/mol. The van der Waals surface area contributed by atoms with E-state index in [2.05, 4.69) is 10.6 Å². The minimum absolute atomic E-state index is 0.0183. The quantitative estimate of drug-likeness (QED) is 0.489. The molecule has 7 heteroatoms. The van der Waals surface area contributed by atoms with Gasteiger partial charge in [-0.2, -0.15) is 0 Å². The van der Waals surface area contributed by atoms with Crippen molar-refractivity contribution < 1.29 is 23.7 Å². The topological polar surface area (TPSA) is 79.7 Å². The lowest BCUT2D eigenvalue weighted by molar-refractivity contribution is -0.862. The predicted octanol–water partition coefficient (Wildman–Crippen LogP) is 2.15.